The topological polar surface area (TPSA) is 91.7 Å². The summed E-state index contributed by atoms with van der Waals surface area (Å²) in [6, 6.07) is 6.99. The van der Waals surface area contributed by atoms with Gasteiger partial charge in [-0.2, -0.15) is 0 Å². The van der Waals surface area contributed by atoms with Gasteiger partial charge in [0.25, 0.3) is 0 Å². The summed E-state index contributed by atoms with van der Waals surface area (Å²) in [6.07, 6.45) is 0. The molecule has 2 N–H and O–H groups in total. The molecular weight excluding hydrogens is 339 g/mol. The quantitative estimate of drug-likeness (QED) is 0.816. The summed E-state index contributed by atoms with van der Waals surface area (Å²) in [4.78, 5) is 11.1. The first-order valence-electron chi connectivity index (χ1n) is 4.55. The highest BCUT2D eigenvalue weighted by Gasteiger charge is 2.18. The average molecular weight is 346 g/mol. The lowest BCUT2D eigenvalue weighted by Crippen LogP contribution is -2.01. The number of carboxylic acid groups (broad SMARTS) is 1. The summed E-state index contributed by atoms with van der Waals surface area (Å²) in [7, 11) is 0. The smallest absolute Gasteiger partial charge is 0.341 e. The molecule has 5 nitrogen and oxygen atoms in total. The van der Waals surface area contributed by atoms with Crippen LogP contribution < -0.4 is 0 Å². The van der Waals surface area contributed by atoms with Gasteiger partial charge in [-0.05, 0) is 18.2 Å². The molecule has 0 aromatic heterocycles. The second-order valence-electron chi connectivity index (χ2n) is 3.32. The van der Waals surface area contributed by atoms with E-state index in [1.807, 2.05) is 0 Å². The summed E-state index contributed by atoms with van der Waals surface area (Å²) in [5.74, 6) is -1.39. The van der Waals surface area contributed by atoms with Gasteiger partial charge in [-0.1, -0.05) is 12.1 Å². The minimum Gasteiger partial charge on any atom is -0.507 e. The van der Waals surface area contributed by atoms with Crippen LogP contribution in [-0.4, -0.2) is 16.2 Å². The molecule has 0 aliphatic rings. The van der Waals surface area contributed by atoms with Crippen LogP contribution in [0.5, 0.6) is 5.75 Å². The first kappa shape index (κ1) is 11.8. The van der Waals surface area contributed by atoms with E-state index in [9.17, 15) is 16.0 Å². The predicted octanol–water partition coefficient (Wildman–Crippen LogP) is 2.61. The number of hydrogen-bond acceptors (Lipinski definition) is 4. The molecule has 88 valence electrons. The van der Waals surface area contributed by atoms with Gasteiger partial charge >= 0.3 is 25.8 Å². The van der Waals surface area contributed by atoms with Crippen molar-refractivity contribution in [1.82, 2.24) is 0 Å². The summed E-state index contributed by atoms with van der Waals surface area (Å²) >= 11 is -3.88. The van der Waals surface area contributed by atoms with E-state index in [0.717, 1.165) is 0 Å². The first-order valence-corrected chi connectivity index (χ1v) is 7.39. The maximum Gasteiger partial charge on any atom is 0.341 e. The fraction of sp³-hybridized carbons (Fsp3) is 0. The van der Waals surface area contributed by atoms with Crippen molar-refractivity contribution in [3.05, 3.63) is 39.5 Å². The Bertz CT molecular complexity index is 680. The number of hydrogen-bond donors (Lipinski definition) is 2. The van der Waals surface area contributed by atoms with Crippen LogP contribution in [0.1, 0.15) is 10.4 Å². The van der Waals surface area contributed by atoms with Crippen LogP contribution in [-0.2, 0) is 6.14 Å². The van der Waals surface area contributed by atoms with Gasteiger partial charge in [0.15, 0.2) is 0 Å². The Labute approximate surface area is 103 Å². The number of aromatic hydroxyl groups is 1. The average Bonchev–Trinajstić information content (AvgIpc) is 2.27. The standard InChI is InChI=1S/C11H7IO5/c13-9-3-1-2-7-6(9)4-5-8(12(16)17)10(7)11(14)15/h1-5,13H,(H,14,15). The van der Waals surface area contributed by atoms with E-state index in [2.05, 4.69) is 0 Å². The number of fused-ring (bicyclic) bond motifs is 1. The van der Waals surface area contributed by atoms with Crippen molar-refractivity contribution in [3.63, 3.8) is 0 Å². The van der Waals surface area contributed by atoms with Crippen LogP contribution >= 0.6 is 19.8 Å². The molecule has 17 heavy (non-hydrogen) atoms. The summed E-state index contributed by atoms with van der Waals surface area (Å²) in [6.45, 7) is 0. The second kappa shape index (κ2) is 4.28. The molecule has 0 aliphatic carbocycles. The molecule has 0 spiro atoms. The monoisotopic (exact) mass is 346 g/mol. The van der Waals surface area contributed by atoms with E-state index in [0.29, 0.717) is 5.39 Å². The molecule has 0 bridgehead atoms. The van der Waals surface area contributed by atoms with Crippen LogP contribution in [0, 0.1) is 3.57 Å². The molecule has 0 amide bonds. The number of carboxylic acids is 1. The lowest BCUT2D eigenvalue weighted by atomic mass is 10.0. The number of aromatic carboxylic acids is 1. The third-order valence-electron chi connectivity index (χ3n) is 2.37. The number of halogens is 1. The number of phenolic OH excluding ortho intramolecular Hbond substituents is 1. The highest BCUT2D eigenvalue weighted by atomic mass is 127. The van der Waals surface area contributed by atoms with Crippen LogP contribution in [0.3, 0.4) is 0 Å². The molecule has 6 heteroatoms. The van der Waals surface area contributed by atoms with Crippen molar-refractivity contribution in [1.29, 1.82) is 0 Å². The maximum atomic E-state index is 11.1. The maximum absolute atomic E-state index is 11.1. The third kappa shape index (κ3) is 1.95. The van der Waals surface area contributed by atoms with Crippen molar-refractivity contribution in [2.45, 2.75) is 0 Å². The van der Waals surface area contributed by atoms with Crippen LogP contribution in [0.2, 0.25) is 0 Å². The Morgan fingerprint density at radius 3 is 2.35 bits per heavy atom. The Morgan fingerprint density at radius 2 is 1.76 bits per heavy atom. The minimum absolute atomic E-state index is 0.0753. The molecule has 0 radical (unpaired) electrons. The zero-order chi connectivity index (χ0) is 12.6. The van der Waals surface area contributed by atoms with Crippen molar-refractivity contribution in [2.75, 3.05) is 0 Å². The van der Waals surface area contributed by atoms with Crippen molar-refractivity contribution < 1.29 is 21.1 Å². The zero-order valence-corrected chi connectivity index (χ0v) is 10.5. The first-order chi connectivity index (χ1) is 8.02. The Balaban J connectivity index is 2.99. The second-order valence-corrected chi connectivity index (χ2v) is 5.72. The summed E-state index contributed by atoms with van der Waals surface area (Å²) in [5.41, 5.74) is -0.270. The number of rotatable bonds is 2. The zero-order valence-electron chi connectivity index (χ0n) is 8.38. The Hall–Kier alpha value is -1.70. The molecule has 2 aromatic carbocycles. The Kier molecular flexibility index (Phi) is 2.97. The van der Waals surface area contributed by atoms with Gasteiger partial charge in [0.1, 0.15) is 5.75 Å². The third-order valence-corrected chi connectivity index (χ3v) is 4.22. The van der Waals surface area contributed by atoms with E-state index >= 15 is 0 Å². The predicted molar refractivity (Wildman–Crippen MR) is 66.7 cm³/mol. The Morgan fingerprint density at radius 1 is 1.06 bits per heavy atom. The van der Waals surface area contributed by atoms with E-state index in [4.69, 9.17) is 5.11 Å². The lowest BCUT2D eigenvalue weighted by molar-refractivity contribution is 0.0698. The molecule has 2 aromatic rings. The fourth-order valence-corrected chi connectivity index (χ4v) is 3.10. The van der Waals surface area contributed by atoms with E-state index in [-0.39, 0.29) is 20.3 Å². The van der Waals surface area contributed by atoms with E-state index in [1.54, 1.807) is 0 Å². The van der Waals surface area contributed by atoms with Crippen molar-refractivity contribution in [3.8, 4) is 5.75 Å². The molecule has 0 heterocycles. The minimum atomic E-state index is -3.88. The highest BCUT2D eigenvalue weighted by Crippen LogP contribution is 2.32. The normalized spacial score (nSPS) is 10.9. The molecule has 0 saturated carbocycles. The van der Waals surface area contributed by atoms with Crippen LogP contribution in [0.4, 0.5) is 0 Å². The van der Waals surface area contributed by atoms with Gasteiger partial charge in [0, 0.05) is 10.8 Å². The van der Waals surface area contributed by atoms with Gasteiger partial charge < -0.3 is 10.2 Å². The molecular formula is C11H7IO5. The number of carbonyl (C=O) groups is 1. The van der Waals surface area contributed by atoms with Crippen LogP contribution in [0.15, 0.2) is 30.3 Å². The SMILES string of the molecule is O=C(O)c1c(I(=O)=O)ccc2c(O)cccc12. The molecule has 0 saturated heterocycles. The molecule has 0 unspecified atom stereocenters. The van der Waals surface area contributed by atoms with Crippen LogP contribution in [0.25, 0.3) is 10.8 Å². The number of benzene rings is 2. The van der Waals surface area contributed by atoms with E-state index < -0.39 is 25.8 Å². The molecule has 0 aliphatic heterocycles. The molecule has 0 atom stereocenters. The van der Waals surface area contributed by atoms with Gasteiger partial charge in [-0.25, -0.2) is 10.9 Å². The summed E-state index contributed by atoms with van der Waals surface area (Å²) in [5, 5.41) is 19.2. The summed E-state index contributed by atoms with van der Waals surface area (Å²) < 4.78 is 21.9. The van der Waals surface area contributed by atoms with Crippen molar-refractivity contribution >= 4 is 36.5 Å². The molecule has 2 rings (SSSR count). The lowest BCUT2D eigenvalue weighted by Gasteiger charge is -2.05. The van der Waals surface area contributed by atoms with Gasteiger partial charge in [0.05, 0.1) is 9.13 Å². The number of phenols is 1. The van der Waals surface area contributed by atoms with Gasteiger partial charge in [-0.15, -0.1) is 0 Å². The molecule has 0 fully saturated rings. The fourth-order valence-electron chi connectivity index (χ4n) is 1.66. The highest BCUT2D eigenvalue weighted by molar-refractivity contribution is 14.2. The van der Waals surface area contributed by atoms with Crippen molar-refractivity contribution in [2.24, 2.45) is 0 Å². The van der Waals surface area contributed by atoms with E-state index in [1.165, 1.54) is 30.3 Å². The van der Waals surface area contributed by atoms with Gasteiger partial charge in [-0.3, -0.25) is 0 Å². The van der Waals surface area contributed by atoms with Gasteiger partial charge in [0.2, 0.25) is 0 Å². The largest absolute Gasteiger partial charge is 0.507 e.